The molecule has 0 aromatic carbocycles. The number of aromatic nitrogens is 1. The zero-order valence-corrected chi connectivity index (χ0v) is 11.6. The van der Waals surface area contributed by atoms with Crippen molar-refractivity contribution in [1.29, 1.82) is 0 Å². The summed E-state index contributed by atoms with van der Waals surface area (Å²) in [5, 5.41) is 9.46. The molecule has 0 saturated heterocycles. The van der Waals surface area contributed by atoms with E-state index in [1.807, 2.05) is 11.8 Å². The molecule has 0 aliphatic carbocycles. The molecule has 0 radical (unpaired) electrons. The average Bonchev–Trinajstić information content (AvgIpc) is 2.65. The van der Waals surface area contributed by atoms with E-state index in [4.69, 9.17) is 16.7 Å². The molecule has 0 aliphatic rings. The molecule has 1 rings (SSSR count). The van der Waals surface area contributed by atoms with Gasteiger partial charge < -0.3 is 9.67 Å². The van der Waals surface area contributed by atoms with Crippen LogP contribution >= 0.6 is 23.4 Å². The maximum Gasteiger partial charge on any atom is 0.352 e. The normalized spacial score (nSPS) is 10.7. The first kappa shape index (κ1) is 14.5. The maximum absolute atomic E-state index is 10.9. The third kappa shape index (κ3) is 5.04. The molecule has 1 aromatic heterocycles. The molecule has 96 valence electrons. The molecular weight excluding hydrogens is 258 g/mol. The Labute approximate surface area is 111 Å². The van der Waals surface area contributed by atoms with Gasteiger partial charge in [0.15, 0.2) is 0 Å². The highest BCUT2D eigenvalue weighted by atomic mass is 35.5. The van der Waals surface area contributed by atoms with Crippen molar-refractivity contribution >= 4 is 29.3 Å². The number of rotatable bonds is 8. The van der Waals surface area contributed by atoms with Gasteiger partial charge in [0.25, 0.3) is 0 Å². The highest BCUT2D eigenvalue weighted by Crippen LogP contribution is 2.15. The van der Waals surface area contributed by atoms with Crippen LogP contribution in [0.15, 0.2) is 12.3 Å². The number of hydrogen-bond acceptors (Lipinski definition) is 2. The van der Waals surface area contributed by atoms with E-state index in [0.29, 0.717) is 5.02 Å². The molecule has 5 heteroatoms. The van der Waals surface area contributed by atoms with Gasteiger partial charge in [-0.2, -0.15) is 11.8 Å². The number of aryl methyl sites for hydroxylation is 1. The lowest BCUT2D eigenvalue weighted by Gasteiger charge is -2.05. The number of halogens is 1. The van der Waals surface area contributed by atoms with Gasteiger partial charge in [0, 0.05) is 12.7 Å². The zero-order chi connectivity index (χ0) is 12.7. The summed E-state index contributed by atoms with van der Waals surface area (Å²) in [7, 11) is 0. The lowest BCUT2D eigenvalue weighted by molar-refractivity contribution is 0.0685. The van der Waals surface area contributed by atoms with Crippen LogP contribution in [0.25, 0.3) is 0 Å². The Morgan fingerprint density at radius 3 is 2.76 bits per heavy atom. The third-order valence-electron chi connectivity index (χ3n) is 2.58. The minimum atomic E-state index is -0.917. The van der Waals surface area contributed by atoms with Gasteiger partial charge in [0.2, 0.25) is 0 Å². The Balaban J connectivity index is 2.33. The van der Waals surface area contributed by atoms with Gasteiger partial charge in [-0.15, -0.1) is 0 Å². The smallest absolute Gasteiger partial charge is 0.352 e. The van der Waals surface area contributed by atoms with E-state index >= 15 is 0 Å². The predicted molar refractivity (Wildman–Crippen MR) is 73.3 cm³/mol. The molecule has 0 bridgehead atoms. The summed E-state index contributed by atoms with van der Waals surface area (Å²) >= 11 is 7.67. The number of thioether (sulfide) groups is 1. The largest absolute Gasteiger partial charge is 0.477 e. The first-order valence-corrected chi connectivity index (χ1v) is 7.50. The van der Waals surface area contributed by atoms with Crippen LogP contribution in [0.1, 0.15) is 36.2 Å². The summed E-state index contributed by atoms with van der Waals surface area (Å²) in [4.78, 5) is 10.9. The number of aromatic carboxylic acids is 1. The molecule has 0 fully saturated rings. The quantitative estimate of drug-likeness (QED) is 0.735. The van der Waals surface area contributed by atoms with Crippen molar-refractivity contribution in [2.24, 2.45) is 0 Å². The van der Waals surface area contributed by atoms with Crippen LogP contribution in [0.2, 0.25) is 5.02 Å². The molecule has 0 unspecified atom stereocenters. The first-order valence-electron chi connectivity index (χ1n) is 5.73. The number of nitrogens with zero attached hydrogens (tertiary/aromatic N) is 1. The van der Waals surface area contributed by atoms with Gasteiger partial charge in [-0.1, -0.05) is 24.4 Å². The molecule has 0 saturated carbocycles. The molecule has 3 nitrogen and oxygen atoms in total. The molecular formula is C12H18ClNO2S. The van der Waals surface area contributed by atoms with Crippen LogP contribution in [-0.4, -0.2) is 27.7 Å². The Bertz CT molecular complexity index is 365. The molecule has 0 amide bonds. The van der Waals surface area contributed by atoms with Crippen LogP contribution < -0.4 is 0 Å². The predicted octanol–water partition coefficient (Wildman–Crippen LogP) is 3.76. The van der Waals surface area contributed by atoms with Crippen LogP contribution in [0, 0.1) is 0 Å². The maximum atomic E-state index is 10.9. The SMILES string of the molecule is CSCCCCCCn1cc(Cl)cc1C(=O)O. The van der Waals surface area contributed by atoms with E-state index in [1.165, 1.54) is 24.7 Å². The second kappa shape index (κ2) is 7.67. The summed E-state index contributed by atoms with van der Waals surface area (Å²) in [5.74, 6) is 0.287. The zero-order valence-electron chi connectivity index (χ0n) is 9.99. The van der Waals surface area contributed by atoms with Crippen LogP contribution in [0.5, 0.6) is 0 Å². The Hall–Kier alpha value is -0.610. The summed E-state index contributed by atoms with van der Waals surface area (Å²) in [6.45, 7) is 0.730. The fourth-order valence-electron chi connectivity index (χ4n) is 1.72. The van der Waals surface area contributed by atoms with Crippen molar-refractivity contribution < 1.29 is 9.90 Å². The van der Waals surface area contributed by atoms with Crippen molar-refractivity contribution in [3.63, 3.8) is 0 Å². The fourth-order valence-corrected chi connectivity index (χ4v) is 2.43. The van der Waals surface area contributed by atoms with Crippen LogP contribution in [-0.2, 0) is 6.54 Å². The number of carboxylic acids is 1. The summed E-state index contributed by atoms with van der Waals surface area (Å²) in [6, 6.07) is 1.50. The Kier molecular flexibility index (Phi) is 6.52. The summed E-state index contributed by atoms with van der Waals surface area (Å²) < 4.78 is 1.72. The molecule has 0 atom stereocenters. The minimum Gasteiger partial charge on any atom is -0.477 e. The van der Waals surface area contributed by atoms with Gasteiger partial charge >= 0.3 is 5.97 Å². The molecule has 1 heterocycles. The van der Waals surface area contributed by atoms with Crippen molar-refractivity contribution in [2.75, 3.05) is 12.0 Å². The molecule has 1 N–H and O–H groups in total. The number of carbonyl (C=O) groups is 1. The summed E-state index contributed by atoms with van der Waals surface area (Å²) in [5.41, 5.74) is 0.277. The number of unbranched alkanes of at least 4 members (excludes halogenated alkanes) is 3. The van der Waals surface area contributed by atoms with Crippen molar-refractivity contribution in [3.8, 4) is 0 Å². The summed E-state index contributed by atoms with van der Waals surface area (Å²) in [6.07, 6.45) is 8.38. The van der Waals surface area contributed by atoms with Gasteiger partial charge in [0.05, 0.1) is 5.02 Å². The standard InChI is InChI=1S/C12H18ClNO2S/c1-17-7-5-3-2-4-6-14-9-10(13)8-11(14)12(15)16/h8-9H,2-7H2,1H3,(H,15,16). The number of carboxylic acid groups (broad SMARTS) is 1. The lowest BCUT2D eigenvalue weighted by Crippen LogP contribution is -2.07. The van der Waals surface area contributed by atoms with Gasteiger partial charge in [0.1, 0.15) is 5.69 Å². The molecule has 17 heavy (non-hydrogen) atoms. The first-order chi connectivity index (χ1) is 8.15. The molecule has 0 aliphatic heterocycles. The van der Waals surface area contributed by atoms with Crippen molar-refractivity contribution in [1.82, 2.24) is 4.57 Å². The third-order valence-corrected chi connectivity index (χ3v) is 3.48. The highest BCUT2D eigenvalue weighted by molar-refractivity contribution is 7.98. The Morgan fingerprint density at radius 1 is 1.41 bits per heavy atom. The van der Waals surface area contributed by atoms with Crippen LogP contribution in [0.4, 0.5) is 0 Å². The van der Waals surface area contributed by atoms with E-state index in [1.54, 1.807) is 10.8 Å². The number of hydrogen-bond donors (Lipinski definition) is 1. The van der Waals surface area contributed by atoms with E-state index in [-0.39, 0.29) is 5.69 Å². The second-order valence-electron chi connectivity index (χ2n) is 3.95. The van der Waals surface area contributed by atoms with Crippen molar-refractivity contribution in [3.05, 3.63) is 23.0 Å². The molecule has 0 spiro atoms. The topological polar surface area (TPSA) is 42.2 Å². The molecule has 1 aromatic rings. The minimum absolute atomic E-state index is 0.277. The van der Waals surface area contributed by atoms with Gasteiger partial charge in [-0.3, -0.25) is 0 Å². The second-order valence-corrected chi connectivity index (χ2v) is 5.37. The van der Waals surface area contributed by atoms with E-state index in [0.717, 1.165) is 19.4 Å². The van der Waals surface area contributed by atoms with E-state index in [2.05, 4.69) is 6.26 Å². The van der Waals surface area contributed by atoms with E-state index in [9.17, 15) is 4.79 Å². The average molecular weight is 276 g/mol. The Morgan fingerprint density at radius 2 is 2.12 bits per heavy atom. The van der Waals surface area contributed by atoms with Gasteiger partial charge in [-0.05, 0) is 30.9 Å². The van der Waals surface area contributed by atoms with Crippen LogP contribution in [0.3, 0.4) is 0 Å². The highest BCUT2D eigenvalue weighted by Gasteiger charge is 2.10. The fraction of sp³-hybridized carbons (Fsp3) is 0.583. The monoisotopic (exact) mass is 275 g/mol. The lowest BCUT2D eigenvalue weighted by atomic mass is 10.2. The van der Waals surface area contributed by atoms with Gasteiger partial charge in [-0.25, -0.2) is 4.79 Å². The van der Waals surface area contributed by atoms with E-state index < -0.39 is 5.97 Å². The van der Waals surface area contributed by atoms with Crippen molar-refractivity contribution in [2.45, 2.75) is 32.2 Å².